The van der Waals surface area contributed by atoms with Crippen molar-refractivity contribution >= 4 is 28.5 Å². The van der Waals surface area contributed by atoms with Crippen LogP contribution >= 0.6 is 0 Å². The van der Waals surface area contributed by atoms with E-state index in [2.05, 4.69) is 35.9 Å². The van der Waals surface area contributed by atoms with E-state index in [0.717, 1.165) is 86.1 Å². The van der Waals surface area contributed by atoms with Gasteiger partial charge in [-0.15, -0.1) is 0 Å². The quantitative estimate of drug-likeness (QED) is 0.343. The smallest absolute Gasteiger partial charge is 0.227 e. The Balaban J connectivity index is 1.42. The number of amides is 2. The van der Waals surface area contributed by atoms with Crippen LogP contribution < -0.4 is 4.90 Å². The minimum absolute atomic E-state index is 0.186. The SMILES string of the molecule is CC(C)CC(=O)N1CCCCCCCCN(C(=O)CCCCc2nc3ccccc3[nH]2)Cc2ccccc21. The molecule has 2 heterocycles. The maximum atomic E-state index is 13.4. The molecule has 1 aliphatic rings. The first-order chi connectivity index (χ1) is 18.5. The predicted molar refractivity (Wildman–Crippen MR) is 155 cm³/mol. The van der Waals surface area contributed by atoms with E-state index in [1.807, 2.05) is 46.2 Å². The zero-order valence-corrected chi connectivity index (χ0v) is 23.3. The lowest BCUT2D eigenvalue weighted by atomic mass is 10.1. The highest BCUT2D eigenvalue weighted by atomic mass is 16.2. The molecule has 6 nitrogen and oxygen atoms in total. The Kier molecular flexibility index (Phi) is 10.4. The highest BCUT2D eigenvalue weighted by molar-refractivity contribution is 5.94. The first-order valence-electron chi connectivity index (χ1n) is 14.6. The third-order valence-corrected chi connectivity index (χ3v) is 7.43. The number of nitrogens with one attached hydrogen (secondary N) is 1. The van der Waals surface area contributed by atoms with Gasteiger partial charge in [0, 0.05) is 44.6 Å². The standard InChI is InChI=1S/C32H44N4O2/c1-25(2)23-32(38)36-22-14-6-4-3-5-13-21-35(24-26-15-7-10-18-29(26)36)31(37)20-12-11-19-30-33-27-16-8-9-17-28(27)34-30/h7-10,15-18,25H,3-6,11-14,19-24H2,1-2H3,(H,33,34). The van der Waals surface area contributed by atoms with Crippen LogP contribution in [0, 0.1) is 5.92 Å². The van der Waals surface area contributed by atoms with E-state index in [1.165, 1.54) is 12.8 Å². The normalized spacial score (nSPS) is 15.6. The van der Waals surface area contributed by atoms with Crippen molar-refractivity contribution in [3.63, 3.8) is 0 Å². The molecule has 6 heteroatoms. The van der Waals surface area contributed by atoms with Crippen molar-refractivity contribution in [3.05, 3.63) is 59.9 Å². The van der Waals surface area contributed by atoms with Crippen molar-refractivity contribution in [3.8, 4) is 0 Å². The lowest BCUT2D eigenvalue weighted by Crippen LogP contribution is -2.35. The number of aryl methyl sites for hydroxylation is 1. The Hall–Kier alpha value is -3.15. The van der Waals surface area contributed by atoms with E-state index < -0.39 is 0 Å². The molecule has 0 atom stereocenters. The topological polar surface area (TPSA) is 69.3 Å². The molecule has 0 bridgehead atoms. The Morgan fingerprint density at radius 1 is 0.868 bits per heavy atom. The van der Waals surface area contributed by atoms with Crippen LogP contribution in [0.1, 0.15) is 89.4 Å². The number of anilines is 1. The summed E-state index contributed by atoms with van der Waals surface area (Å²) in [6.45, 7) is 6.28. The number of benzene rings is 2. The Bertz CT molecular complexity index is 1150. The van der Waals surface area contributed by atoms with E-state index in [4.69, 9.17) is 0 Å². The number of carbonyl (C=O) groups excluding carboxylic acids is 2. The molecule has 0 saturated heterocycles. The molecule has 38 heavy (non-hydrogen) atoms. The minimum atomic E-state index is 0.186. The van der Waals surface area contributed by atoms with Crippen LogP contribution in [0.5, 0.6) is 0 Å². The number of hydrogen-bond donors (Lipinski definition) is 1. The summed E-state index contributed by atoms with van der Waals surface area (Å²) in [6, 6.07) is 16.3. The number of unbranched alkanes of at least 4 members (excludes halogenated alkanes) is 1. The lowest BCUT2D eigenvalue weighted by Gasteiger charge is -2.29. The van der Waals surface area contributed by atoms with Gasteiger partial charge < -0.3 is 14.8 Å². The number of fused-ring (bicyclic) bond motifs is 2. The van der Waals surface area contributed by atoms with Crippen molar-refractivity contribution in [2.24, 2.45) is 5.92 Å². The van der Waals surface area contributed by atoms with Gasteiger partial charge in [-0.3, -0.25) is 9.59 Å². The number of aromatic amines is 1. The van der Waals surface area contributed by atoms with E-state index >= 15 is 0 Å². The maximum Gasteiger partial charge on any atom is 0.227 e. The highest BCUT2D eigenvalue weighted by Crippen LogP contribution is 2.26. The number of carbonyl (C=O) groups is 2. The number of rotatable bonds is 7. The molecule has 3 aromatic rings. The van der Waals surface area contributed by atoms with Crippen LogP contribution in [0.3, 0.4) is 0 Å². The van der Waals surface area contributed by atoms with Gasteiger partial charge in [-0.25, -0.2) is 4.98 Å². The molecule has 0 radical (unpaired) electrons. The number of para-hydroxylation sites is 3. The number of H-pyrrole nitrogens is 1. The number of hydrogen-bond acceptors (Lipinski definition) is 3. The Morgan fingerprint density at radius 2 is 1.58 bits per heavy atom. The molecule has 1 N–H and O–H groups in total. The lowest BCUT2D eigenvalue weighted by molar-refractivity contribution is -0.132. The molecule has 0 fully saturated rings. The summed E-state index contributed by atoms with van der Waals surface area (Å²) in [5.41, 5.74) is 4.10. The summed E-state index contributed by atoms with van der Waals surface area (Å²) in [5, 5.41) is 0. The van der Waals surface area contributed by atoms with Crippen LogP contribution in [0.15, 0.2) is 48.5 Å². The van der Waals surface area contributed by atoms with Gasteiger partial charge in [-0.2, -0.15) is 0 Å². The fourth-order valence-electron chi connectivity index (χ4n) is 5.37. The summed E-state index contributed by atoms with van der Waals surface area (Å²) in [6.07, 6.45) is 10.4. The average molecular weight is 517 g/mol. The Labute approximate surface area is 227 Å². The molecule has 1 aromatic heterocycles. The number of aromatic nitrogens is 2. The summed E-state index contributed by atoms with van der Waals surface area (Å²) in [4.78, 5) is 38.8. The average Bonchev–Trinajstić information content (AvgIpc) is 3.32. The molecule has 0 aliphatic carbocycles. The van der Waals surface area contributed by atoms with Crippen molar-refractivity contribution in [2.75, 3.05) is 18.0 Å². The van der Waals surface area contributed by atoms with Crippen LogP contribution in [0.25, 0.3) is 11.0 Å². The molecule has 0 unspecified atom stereocenters. The predicted octanol–water partition coefficient (Wildman–Crippen LogP) is 7.04. The first-order valence-corrected chi connectivity index (χ1v) is 14.6. The number of nitrogens with zero attached hydrogens (tertiary/aromatic N) is 3. The van der Waals surface area contributed by atoms with E-state index in [1.54, 1.807) is 0 Å². The van der Waals surface area contributed by atoms with Crippen molar-refractivity contribution in [2.45, 2.75) is 91.0 Å². The van der Waals surface area contributed by atoms with Gasteiger partial charge in [-0.05, 0) is 55.4 Å². The van der Waals surface area contributed by atoms with Gasteiger partial charge in [0.2, 0.25) is 11.8 Å². The van der Waals surface area contributed by atoms with Gasteiger partial charge in [0.25, 0.3) is 0 Å². The second kappa shape index (κ2) is 14.1. The zero-order chi connectivity index (χ0) is 26.7. The Morgan fingerprint density at radius 3 is 2.37 bits per heavy atom. The monoisotopic (exact) mass is 516 g/mol. The van der Waals surface area contributed by atoms with Gasteiger partial charge >= 0.3 is 0 Å². The third kappa shape index (κ3) is 7.92. The van der Waals surface area contributed by atoms with Gasteiger partial charge in [0.05, 0.1) is 11.0 Å². The molecular weight excluding hydrogens is 472 g/mol. The van der Waals surface area contributed by atoms with E-state index in [0.29, 0.717) is 25.3 Å². The fourth-order valence-corrected chi connectivity index (χ4v) is 5.37. The van der Waals surface area contributed by atoms with Gasteiger partial charge in [0.15, 0.2) is 0 Å². The summed E-state index contributed by atoms with van der Waals surface area (Å²) in [5.74, 6) is 1.70. The van der Waals surface area contributed by atoms with E-state index in [9.17, 15) is 9.59 Å². The van der Waals surface area contributed by atoms with Crippen LogP contribution in [-0.4, -0.2) is 39.8 Å². The highest BCUT2D eigenvalue weighted by Gasteiger charge is 2.22. The second-order valence-corrected chi connectivity index (χ2v) is 11.1. The minimum Gasteiger partial charge on any atom is -0.342 e. The van der Waals surface area contributed by atoms with E-state index in [-0.39, 0.29) is 11.8 Å². The van der Waals surface area contributed by atoms with Gasteiger partial charge in [-0.1, -0.05) is 69.9 Å². The molecule has 2 amide bonds. The summed E-state index contributed by atoms with van der Waals surface area (Å²) in [7, 11) is 0. The molecule has 0 spiro atoms. The second-order valence-electron chi connectivity index (χ2n) is 11.1. The zero-order valence-electron chi connectivity index (χ0n) is 23.3. The van der Waals surface area contributed by atoms with Gasteiger partial charge in [0.1, 0.15) is 5.82 Å². The van der Waals surface area contributed by atoms with Crippen LogP contribution in [-0.2, 0) is 22.6 Å². The molecular formula is C32H44N4O2. The van der Waals surface area contributed by atoms with Crippen molar-refractivity contribution < 1.29 is 9.59 Å². The molecule has 2 aromatic carbocycles. The summed E-state index contributed by atoms with van der Waals surface area (Å²) < 4.78 is 0. The molecule has 0 saturated carbocycles. The van der Waals surface area contributed by atoms with Crippen LogP contribution in [0.2, 0.25) is 0 Å². The largest absolute Gasteiger partial charge is 0.342 e. The van der Waals surface area contributed by atoms with Crippen LogP contribution in [0.4, 0.5) is 5.69 Å². The molecule has 204 valence electrons. The summed E-state index contributed by atoms with van der Waals surface area (Å²) >= 11 is 0. The first kappa shape index (κ1) is 27.9. The number of imidazole rings is 1. The van der Waals surface area contributed by atoms with Crippen molar-refractivity contribution in [1.29, 1.82) is 0 Å². The molecule has 4 rings (SSSR count). The fraction of sp³-hybridized carbons (Fsp3) is 0.531. The molecule has 1 aliphatic heterocycles. The third-order valence-electron chi connectivity index (χ3n) is 7.43. The maximum absolute atomic E-state index is 13.4. The van der Waals surface area contributed by atoms with Crippen molar-refractivity contribution in [1.82, 2.24) is 14.9 Å².